The lowest BCUT2D eigenvalue weighted by Crippen LogP contribution is -2.23. The van der Waals surface area contributed by atoms with E-state index in [4.69, 9.17) is 0 Å². The van der Waals surface area contributed by atoms with Gasteiger partial charge in [-0.3, -0.25) is 4.68 Å². The van der Waals surface area contributed by atoms with Crippen molar-refractivity contribution in [1.82, 2.24) is 14.5 Å². The number of hydrogen-bond acceptors (Lipinski definition) is 3. The Kier molecular flexibility index (Phi) is 4.80. The van der Waals surface area contributed by atoms with Gasteiger partial charge in [-0.15, -0.1) is 0 Å². The number of rotatable bonds is 6. The Labute approximate surface area is 126 Å². The first kappa shape index (κ1) is 15.7. The van der Waals surface area contributed by atoms with Gasteiger partial charge in [0.25, 0.3) is 0 Å². The van der Waals surface area contributed by atoms with Gasteiger partial charge in [-0.25, -0.2) is 13.1 Å². The minimum absolute atomic E-state index is 0.249. The largest absolute Gasteiger partial charge is 0.273 e. The molecule has 0 spiro atoms. The predicted octanol–water partition coefficient (Wildman–Crippen LogP) is 2.16. The third-order valence-corrected chi connectivity index (χ3v) is 4.98. The molecule has 6 heteroatoms. The Bertz CT molecular complexity index is 703. The Morgan fingerprint density at radius 1 is 1.24 bits per heavy atom. The summed E-state index contributed by atoms with van der Waals surface area (Å²) < 4.78 is 28.9. The lowest BCUT2D eigenvalue weighted by atomic mass is 10.1. The molecule has 0 unspecified atom stereocenters. The van der Waals surface area contributed by atoms with E-state index in [0.29, 0.717) is 4.90 Å². The molecule has 1 aromatic heterocycles. The van der Waals surface area contributed by atoms with Crippen LogP contribution in [-0.4, -0.2) is 18.2 Å². The molecule has 5 nitrogen and oxygen atoms in total. The number of sulfonamides is 1. The van der Waals surface area contributed by atoms with Crippen LogP contribution in [0.5, 0.6) is 0 Å². The average molecular weight is 307 g/mol. The van der Waals surface area contributed by atoms with Crippen molar-refractivity contribution in [1.29, 1.82) is 0 Å². The van der Waals surface area contributed by atoms with E-state index in [1.165, 1.54) is 0 Å². The summed E-state index contributed by atoms with van der Waals surface area (Å²) in [5.41, 5.74) is 2.99. The maximum absolute atomic E-state index is 12.3. The van der Waals surface area contributed by atoms with E-state index in [-0.39, 0.29) is 6.54 Å². The highest BCUT2D eigenvalue weighted by Crippen LogP contribution is 2.13. The molecule has 2 aromatic rings. The van der Waals surface area contributed by atoms with Crippen LogP contribution >= 0.6 is 0 Å². The quantitative estimate of drug-likeness (QED) is 0.889. The van der Waals surface area contributed by atoms with Crippen LogP contribution in [0.4, 0.5) is 0 Å². The maximum atomic E-state index is 12.3. The molecular weight excluding hydrogens is 286 g/mol. The van der Waals surface area contributed by atoms with Gasteiger partial charge >= 0.3 is 0 Å². The van der Waals surface area contributed by atoms with Crippen molar-refractivity contribution < 1.29 is 8.42 Å². The molecule has 0 amide bonds. The van der Waals surface area contributed by atoms with Crippen LogP contribution in [0.3, 0.4) is 0 Å². The second-order valence-electron chi connectivity index (χ2n) is 5.10. The summed E-state index contributed by atoms with van der Waals surface area (Å²) in [6, 6.07) is 7.05. The summed E-state index contributed by atoms with van der Waals surface area (Å²) in [4.78, 5) is 0.295. The number of nitrogens with one attached hydrogen (secondary N) is 1. The van der Waals surface area contributed by atoms with E-state index in [1.807, 2.05) is 26.1 Å². The van der Waals surface area contributed by atoms with Gasteiger partial charge in [0.2, 0.25) is 10.0 Å². The smallest absolute Gasteiger partial charge is 0.240 e. The van der Waals surface area contributed by atoms with E-state index in [9.17, 15) is 8.42 Å². The number of aromatic nitrogens is 2. The molecule has 0 saturated carbocycles. The first-order chi connectivity index (χ1) is 9.94. The highest BCUT2D eigenvalue weighted by Gasteiger charge is 2.14. The Morgan fingerprint density at radius 3 is 2.43 bits per heavy atom. The molecule has 0 bridgehead atoms. The van der Waals surface area contributed by atoms with Crippen LogP contribution < -0.4 is 4.72 Å². The van der Waals surface area contributed by atoms with Crippen molar-refractivity contribution in [3.63, 3.8) is 0 Å². The molecule has 0 saturated heterocycles. The van der Waals surface area contributed by atoms with E-state index >= 15 is 0 Å². The van der Waals surface area contributed by atoms with Gasteiger partial charge in [0, 0.05) is 24.8 Å². The number of hydrogen-bond donors (Lipinski definition) is 1. The van der Waals surface area contributed by atoms with Crippen LogP contribution in [0.25, 0.3) is 0 Å². The average Bonchev–Trinajstić information content (AvgIpc) is 2.78. The Morgan fingerprint density at radius 2 is 1.90 bits per heavy atom. The topological polar surface area (TPSA) is 64.0 Å². The minimum Gasteiger partial charge on any atom is -0.273 e. The molecule has 1 N–H and O–H groups in total. The van der Waals surface area contributed by atoms with Crippen molar-refractivity contribution in [2.45, 2.75) is 38.1 Å². The molecule has 0 radical (unpaired) electrons. The first-order valence-electron chi connectivity index (χ1n) is 7.00. The standard InChI is InChI=1S/C15H21N3O2S/c1-4-5-13-6-8-15(9-7-13)21(19,20)17-11-14-10-16-18(3)12(14)2/h6-10,17H,4-5,11H2,1-3H3. The number of aryl methyl sites for hydroxylation is 2. The van der Waals surface area contributed by atoms with Gasteiger partial charge in [0.05, 0.1) is 11.1 Å². The van der Waals surface area contributed by atoms with E-state index in [0.717, 1.165) is 29.7 Å². The van der Waals surface area contributed by atoms with Crippen molar-refractivity contribution >= 4 is 10.0 Å². The van der Waals surface area contributed by atoms with Crippen molar-refractivity contribution in [2.24, 2.45) is 7.05 Å². The van der Waals surface area contributed by atoms with Gasteiger partial charge in [-0.05, 0) is 31.0 Å². The molecule has 0 aliphatic heterocycles. The van der Waals surface area contributed by atoms with Crippen LogP contribution in [0.15, 0.2) is 35.4 Å². The summed E-state index contributed by atoms with van der Waals surface area (Å²) in [7, 11) is -1.65. The SMILES string of the molecule is CCCc1ccc(S(=O)(=O)NCc2cnn(C)c2C)cc1. The summed E-state index contributed by atoms with van der Waals surface area (Å²) >= 11 is 0. The van der Waals surface area contributed by atoms with Crippen LogP contribution in [0.1, 0.15) is 30.2 Å². The summed E-state index contributed by atoms with van der Waals surface area (Å²) in [6.07, 6.45) is 3.69. The van der Waals surface area contributed by atoms with Gasteiger partial charge in [0.15, 0.2) is 0 Å². The lowest BCUT2D eigenvalue weighted by molar-refractivity contribution is 0.581. The third-order valence-electron chi connectivity index (χ3n) is 3.56. The number of nitrogens with zero attached hydrogens (tertiary/aromatic N) is 2. The normalized spacial score (nSPS) is 11.8. The fraction of sp³-hybridized carbons (Fsp3) is 0.400. The molecule has 114 valence electrons. The minimum atomic E-state index is -3.48. The highest BCUT2D eigenvalue weighted by atomic mass is 32.2. The van der Waals surface area contributed by atoms with Crippen molar-refractivity contribution in [2.75, 3.05) is 0 Å². The van der Waals surface area contributed by atoms with Gasteiger partial charge in [-0.1, -0.05) is 25.5 Å². The molecule has 0 aliphatic rings. The molecule has 1 heterocycles. The molecule has 0 aliphatic carbocycles. The predicted molar refractivity (Wildman–Crippen MR) is 82.4 cm³/mol. The van der Waals surface area contributed by atoms with Crippen LogP contribution in [0, 0.1) is 6.92 Å². The van der Waals surface area contributed by atoms with Gasteiger partial charge in [0.1, 0.15) is 0 Å². The highest BCUT2D eigenvalue weighted by molar-refractivity contribution is 7.89. The van der Waals surface area contributed by atoms with Crippen molar-refractivity contribution in [3.8, 4) is 0 Å². The van der Waals surface area contributed by atoms with E-state index in [1.54, 1.807) is 23.0 Å². The molecule has 1 aromatic carbocycles. The second kappa shape index (κ2) is 6.41. The second-order valence-corrected chi connectivity index (χ2v) is 6.86. The van der Waals surface area contributed by atoms with Gasteiger partial charge in [-0.2, -0.15) is 5.10 Å². The van der Waals surface area contributed by atoms with E-state index in [2.05, 4.69) is 16.7 Å². The summed E-state index contributed by atoms with van der Waals surface area (Å²) in [5, 5.41) is 4.10. The molecular formula is C15H21N3O2S. The molecule has 0 atom stereocenters. The first-order valence-corrected chi connectivity index (χ1v) is 8.48. The maximum Gasteiger partial charge on any atom is 0.240 e. The zero-order valence-corrected chi connectivity index (χ0v) is 13.4. The fourth-order valence-corrected chi connectivity index (χ4v) is 3.10. The lowest BCUT2D eigenvalue weighted by Gasteiger charge is -2.07. The van der Waals surface area contributed by atoms with E-state index < -0.39 is 10.0 Å². The molecule has 21 heavy (non-hydrogen) atoms. The zero-order chi connectivity index (χ0) is 15.5. The monoisotopic (exact) mass is 307 g/mol. The van der Waals surface area contributed by atoms with Crippen LogP contribution in [0.2, 0.25) is 0 Å². The Hall–Kier alpha value is -1.66. The summed E-state index contributed by atoms with van der Waals surface area (Å²) in [5.74, 6) is 0. The van der Waals surface area contributed by atoms with Gasteiger partial charge < -0.3 is 0 Å². The van der Waals surface area contributed by atoms with Crippen molar-refractivity contribution in [3.05, 3.63) is 47.3 Å². The third kappa shape index (κ3) is 3.71. The van der Waals surface area contributed by atoms with Crippen LogP contribution in [-0.2, 0) is 30.0 Å². The number of benzene rings is 1. The summed E-state index contributed by atoms with van der Waals surface area (Å²) in [6.45, 7) is 4.26. The fourth-order valence-electron chi connectivity index (χ4n) is 2.10. The Balaban J connectivity index is 2.09. The zero-order valence-electron chi connectivity index (χ0n) is 12.6. The molecule has 0 fully saturated rings. The molecule has 2 rings (SSSR count).